The van der Waals surface area contributed by atoms with Gasteiger partial charge in [0.05, 0.1) is 14.3 Å². The average Bonchev–Trinajstić information content (AvgIpc) is 2.66. The van der Waals surface area contributed by atoms with Gasteiger partial charge in [0, 0.05) is 18.2 Å². The van der Waals surface area contributed by atoms with Gasteiger partial charge in [-0.25, -0.2) is 0 Å². The maximum absolute atomic E-state index is 6.39. The molecule has 2 aliphatic rings. The summed E-state index contributed by atoms with van der Waals surface area (Å²) in [6.07, 6.45) is 5.75. The Morgan fingerprint density at radius 3 is 2.78 bits per heavy atom. The highest BCUT2D eigenvalue weighted by Crippen LogP contribution is 2.48. The largest absolute Gasteiger partial charge is 0.375 e. The predicted octanol–water partition coefficient (Wildman–Crippen LogP) is 4.40. The fraction of sp³-hybridized carbons (Fsp3) is 0.692. The number of ether oxygens (including phenoxy) is 1. The van der Waals surface area contributed by atoms with Crippen LogP contribution in [0.2, 0.25) is 8.67 Å². The molecule has 5 heteroatoms. The lowest BCUT2D eigenvalue weighted by atomic mass is 9.70. The molecule has 100 valence electrons. The summed E-state index contributed by atoms with van der Waals surface area (Å²) in [5.41, 5.74) is 7.53. The minimum Gasteiger partial charge on any atom is -0.375 e. The van der Waals surface area contributed by atoms with Gasteiger partial charge in [-0.05, 0) is 44.1 Å². The normalized spacial score (nSPS) is 28.1. The molecule has 2 nitrogen and oxygen atoms in total. The highest BCUT2D eigenvalue weighted by molar-refractivity contribution is 7.20. The van der Waals surface area contributed by atoms with Crippen LogP contribution in [0.1, 0.15) is 43.7 Å². The molecule has 1 aliphatic carbocycles. The third kappa shape index (κ3) is 2.32. The topological polar surface area (TPSA) is 35.2 Å². The van der Waals surface area contributed by atoms with Crippen LogP contribution in [0.3, 0.4) is 0 Å². The Labute approximate surface area is 121 Å². The molecule has 3 rings (SSSR count). The molecule has 18 heavy (non-hydrogen) atoms. The molecule has 2 atom stereocenters. The third-order valence-electron chi connectivity index (χ3n) is 4.35. The SMILES string of the molecule is NC(c1cc(Cl)sc1Cl)C1CCOC2(CCC2)C1. The first kappa shape index (κ1) is 13.2. The van der Waals surface area contributed by atoms with Crippen LogP contribution in [0.5, 0.6) is 0 Å². The summed E-state index contributed by atoms with van der Waals surface area (Å²) < 4.78 is 7.40. The molecule has 2 N–H and O–H groups in total. The van der Waals surface area contributed by atoms with Crippen LogP contribution in [-0.2, 0) is 4.74 Å². The Bertz CT molecular complexity index is 444. The van der Waals surface area contributed by atoms with Gasteiger partial charge in [0.25, 0.3) is 0 Å². The van der Waals surface area contributed by atoms with Crippen molar-refractivity contribution in [3.05, 3.63) is 20.3 Å². The van der Waals surface area contributed by atoms with Crippen molar-refractivity contribution < 1.29 is 4.74 Å². The van der Waals surface area contributed by atoms with Gasteiger partial charge >= 0.3 is 0 Å². The standard InChI is InChI=1S/C13H17Cl2NOS/c14-10-6-9(12(15)18-10)11(16)8-2-5-17-13(7-8)3-1-4-13/h6,8,11H,1-5,7,16H2. The van der Waals surface area contributed by atoms with Crippen molar-refractivity contribution in [1.82, 2.24) is 0 Å². The monoisotopic (exact) mass is 305 g/mol. The minimum atomic E-state index is -0.0115. The van der Waals surface area contributed by atoms with E-state index < -0.39 is 0 Å². The lowest BCUT2D eigenvalue weighted by molar-refractivity contribution is -0.146. The molecule has 0 amide bonds. The van der Waals surface area contributed by atoms with Crippen molar-refractivity contribution in [3.63, 3.8) is 0 Å². The molecule has 0 bridgehead atoms. The van der Waals surface area contributed by atoms with Crippen LogP contribution in [-0.4, -0.2) is 12.2 Å². The molecule has 2 fully saturated rings. The lowest BCUT2D eigenvalue weighted by Gasteiger charge is -2.48. The Balaban J connectivity index is 1.75. The highest BCUT2D eigenvalue weighted by Gasteiger charge is 2.44. The molecular formula is C13H17Cl2NOS. The Morgan fingerprint density at radius 1 is 1.44 bits per heavy atom. The lowest BCUT2D eigenvalue weighted by Crippen LogP contribution is -2.47. The van der Waals surface area contributed by atoms with Crippen molar-refractivity contribution in [1.29, 1.82) is 0 Å². The molecule has 1 saturated heterocycles. The smallest absolute Gasteiger partial charge is 0.0991 e. The summed E-state index contributed by atoms with van der Waals surface area (Å²) >= 11 is 13.6. The van der Waals surface area contributed by atoms with Gasteiger partial charge in [-0.3, -0.25) is 0 Å². The molecule has 1 aromatic heterocycles. The quantitative estimate of drug-likeness (QED) is 0.878. The van der Waals surface area contributed by atoms with Gasteiger partial charge in [-0.1, -0.05) is 23.2 Å². The number of hydrogen-bond acceptors (Lipinski definition) is 3. The summed E-state index contributed by atoms with van der Waals surface area (Å²) in [4.78, 5) is 0. The van der Waals surface area contributed by atoms with Crippen LogP contribution < -0.4 is 5.73 Å². The van der Waals surface area contributed by atoms with Crippen molar-refractivity contribution in [2.45, 2.75) is 43.7 Å². The maximum Gasteiger partial charge on any atom is 0.0991 e. The Hall–Kier alpha value is 0.200. The number of hydrogen-bond donors (Lipinski definition) is 1. The number of rotatable bonds is 2. The summed E-state index contributed by atoms with van der Waals surface area (Å²) in [5, 5.41) is 0. The zero-order chi connectivity index (χ0) is 12.8. The van der Waals surface area contributed by atoms with Gasteiger partial charge in [-0.2, -0.15) is 0 Å². The number of thiophene rings is 1. The molecule has 1 spiro atoms. The van der Waals surface area contributed by atoms with Crippen LogP contribution >= 0.6 is 34.5 Å². The predicted molar refractivity (Wildman–Crippen MR) is 76.5 cm³/mol. The van der Waals surface area contributed by atoms with E-state index in [-0.39, 0.29) is 11.6 Å². The van der Waals surface area contributed by atoms with E-state index in [1.807, 2.05) is 6.07 Å². The zero-order valence-electron chi connectivity index (χ0n) is 10.1. The molecule has 1 aromatic rings. The Morgan fingerprint density at radius 2 is 2.22 bits per heavy atom. The van der Waals surface area contributed by atoms with E-state index in [9.17, 15) is 0 Å². The molecule has 1 aliphatic heterocycles. The third-order valence-corrected chi connectivity index (χ3v) is 5.86. The first-order chi connectivity index (χ1) is 8.60. The first-order valence-electron chi connectivity index (χ1n) is 6.44. The summed E-state index contributed by atoms with van der Waals surface area (Å²) in [6.45, 7) is 0.827. The van der Waals surface area contributed by atoms with E-state index in [2.05, 4.69) is 0 Å². The van der Waals surface area contributed by atoms with E-state index in [4.69, 9.17) is 33.7 Å². The van der Waals surface area contributed by atoms with Gasteiger partial charge in [0.15, 0.2) is 0 Å². The van der Waals surface area contributed by atoms with E-state index in [1.54, 1.807) is 0 Å². The van der Waals surface area contributed by atoms with E-state index >= 15 is 0 Å². The second-order valence-electron chi connectivity index (χ2n) is 5.44. The highest BCUT2D eigenvalue weighted by atomic mass is 35.5. The van der Waals surface area contributed by atoms with Crippen molar-refractivity contribution in [2.75, 3.05) is 6.61 Å². The summed E-state index contributed by atoms with van der Waals surface area (Å²) in [6, 6.07) is 1.91. The zero-order valence-corrected chi connectivity index (χ0v) is 12.5. The van der Waals surface area contributed by atoms with Gasteiger partial charge < -0.3 is 10.5 Å². The van der Waals surface area contributed by atoms with Crippen LogP contribution in [0, 0.1) is 5.92 Å². The second kappa shape index (κ2) is 4.95. The molecule has 1 saturated carbocycles. The van der Waals surface area contributed by atoms with Gasteiger partial charge in [-0.15, -0.1) is 11.3 Å². The molecule has 2 unspecified atom stereocenters. The molecular weight excluding hydrogens is 289 g/mol. The summed E-state index contributed by atoms with van der Waals surface area (Å²) in [5.74, 6) is 0.460. The van der Waals surface area contributed by atoms with Gasteiger partial charge in [0.1, 0.15) is 0 Å². The Kier molecular flexibility index (Phi) is 3.63. The first-order valence-corrected chi connectivity index (χ1v) is 8.01. The van der Waals surface area contributed by atoms with E-state index in [0.29, 0.717) is 5.92 Å². The van der Waals surface area contributed by atoms with E-state index in [0.717, 1.165) is 33.7 Å². The average molecular weight is 306 g/mol. The van der Waals surface area contributed by atoms with E-state index in [1.165, 1.54) is 30.6 Å². The maximum atomic E-state index is 6.39. The molecule has 2 heterocycles. The number of halogens is 2. The fourth-order valence-electron chi connectivity index (χ4n) is 3.13. The summed E-state index contributed by atoms with van der Waals surface area (Å²) in [7, 11) is 0. The fourth-order valence-corrected chi connectivity index (χ4v) is 4.69. The van der Waals surface area contributed by atoms with Gasteiger partial charge in [0.2, 0.25) is 0 Å². The van der Waals surface area contributed by atoms with Crippen molar-refractivity contribution in [3.8, 4) is 0 Å². The van der Waals surface area contributed by atoms with Crippen molar-refractivity contribution >= 4 is 34.5 Å². The van der Waals surface area contributed by atoms with Crippen molar-refractivity contribution in [2.24, 2.45) is 11.7 Å². The number of nitrogens with two attached hydrogens (primary N) is 1. The van der Waals surface area contributed by atoms with Crippen LogP contribution in [0.4, 0.5) is 0 Å². The molecule has 0 aromatic carbocycles. The second-order valence-corrected chi connectivity index (χ2v) is 7.73. The van der Waals surface area contributed by atoms with Crippen LogP contribution in [0.15, 0.2) is 6.07 Å². The van der Waals surface area contributed by atoms with Crippen LogP contribution in [0.25, 0.3) is 0 Å². The molecule has 0 radical (unpaired) electrons. The minimum absolute atomic E-state index is 0.0115.